The number of hydrogen-bond acceptors (Lipinski definition) is 8. The molecule has 1 N–H and O–H groups in total. The average Bonchev–Trinajstić information content (AvgIpc) is 3.45. The number of alkyl halides is 3. The van der Waals surface area contributed by atoms with Crippen molar-refractivity contribution in [2.24, 2.45) is 0 Å². The molecule has 1 amide bonds. The van der Waals surface area contributed by atoms with E-state index < -0.39 is 35.8 Å². The number of esters is 2. The molecule has 1 saturated carbocycles. The Labute approximate surface area is 207 Å². The van der Waals surface area contributed by atoms with Gasteiger partial charge in [0.2, 0.25) is 0 Å². The van der Waals surface area contributed by atoms with Gasteiger partial charge in [-0.05, 0) is 52.2 Å². The van der Waals surface area contributed by atoms with Crippen molar-refractivity contribution in [1.29, 1.82) is 0 Å². The van der Waals surface area contributed by atoms with Crippen LogP contribution in [0.25, 0.3) is 5.65 Å². The lowest BCUT2D eigenvalue weighted by Crippen LogP contribution is -2.18. The van der Waals surface area contributed by atoms with E-state index in [-0.39, 0.29) is 50.4 Å². The molecule has 3 aromatic rings. The summed E-state index contributed by atoms with van der Waals surface area (Å²) in [5.41, 5.74) is -1.05. The Bertz CT molecular complexity index is 1360. The monoisotopic (exact) mass is 524 g/mol. The Morgan fingerprint density at radius 1 is 1.25 bits per heavy atom. The summed E-state index contributed by atoms with van der Waals surface area (Å²) in [6.45, 7) is 6.53. The smallest absolute Gasteiger partial charge is 0.433 e. The van der Waals surface area contributed by atoms with Gasteiger partial charge in [-0.2, -0.15) is 18.3 Å². The zero-order valence-electron chi connectivity index (χ0n) is 19.9. The molecule has 1 aliphatic carbocycles. The number of nitrogens with zero attached hydrogens (tertiary/aromatic N) is 3. The van der Waals surface area contributed by atoms with Gasteiger partial charge in [-0.25, -0.2) is 19.1 Å². The fourth-order valence-electron chi connectivity index (χ4n) is 3.61. The predicted molar refractivity (Wildman–Crippen MR) is 123 cm³/mol. The Kier molecular flexibility index (Phi) is 6.78. The highest BCUT2D eigenvalue weighted by molar-refractivity contribution is 7.18. The lowest BCUT2D eigenvalue weighted by Gasteiger charge is -2.11. The van der Waals surface area contributed by atoms with Crippen LogP contribution >= 0.6 is 11.3 Å². The highest BCUT2D eigenvalue weighted by Gasteiger charge is 2.38. The maximum atomic E-state index is 13.7. The summed E-state index contributed by atoms with van der Waals surface area (Å²) < 4.78 is 51.9. The van der Waals surface area contributed by atoms with E-state index in [1.807, 2.05) is 0 Å². The lowest BCUT2D eigenvalue weighted by atomic mass is 10.1. The van der Waals surface area contributed by atoms with Crippen LogP contribution in [0.15, 0.2) is 12.3 Å². The van der Waals surface area contributed by atoms with Crippen molar-refractivity contribution >= 4 is 39.8 Å². The van der Waals surface area contributed by atoms with Crippen molar-refractivity contribution in [2.75, 3.05) is 11.9 Å². The van der Waals surface area contributed by atoms with E-state index >= 15 is 0 Å². The highest BCUT2D eigenvalue weighted by atomic mass is 32.1. The van der Waals surface area contributed by atoms with Crippen molar-refractivity contribution in [3.63, 3.8) is 0 Å². The molecule has 3 heterocycles. The van der Waals surface area contributed by atoms with Crippen molar-refractivity contribution in [3.05, 3.63) is 45.2 Å². The first-order valence-corrected chi connectivity index (χ1v) is 12.0. The van der Waals surface area contributed by atoms with Crippen molar-refractivity contribution < 1.29 is 37.0 Å². The SMILES string of the molecule is CCOC(=O)c1sc(NC(=O)c2cnn3c(C(F)(F)F)cc(C4CC4)nc23)c(C(=O)OC(C)C)c1C. The molecule has 9 nitrogen and oxygen atoms in total. The molecule has 4 rings (SSSR count). The maximum absolute atomic E-state index is 13.7. The summed E-state index contributed by atoms with van der Waals surface area (Å²) in [5.74, 6) is -2.39. The van der Waals surface area contributed by atoms with Gasteiger partial charge in [0.25, 0.3) is 5.91 Å². The third-order valence-corrected chi connectivity index (χ3v) is 6.59. The van der Waals surface area contributed by atoms with E-state index in [2.05, 4.69) is 15.4 Å². The van der Waals surface area contributed by atoms with E-state index in [1.165, 1.54) is 6.92 Å². The summed E-state index contributed by atoms with van der Waals surface area (Å²) >= 11 is 0.811. The number of carbonyl (C=O) groups is 3. The Hall–Kier alpha value is -3.48. The quantitative estimate of drug-likeness (QED) is 0.434. The van der Waals surface area contributed by atoms with Gasteiger partial charge in [-0.3, -0.25) is 4.79 Å². The number of hydrogen-bond donors (Lipinski definition) is 1. The molecule has 13 heteroatoms. The number of aromatic nitrogens is 3. The average molecular weight is 525 g/mol. The third-order valence-electron chi connectivity index (χ3n) is 5.40. The number of nitrogens with one attached hydrogen (secondary N) is 1. The van der Waals surface area contributed by atoms with Crippen LogP contribution in [-0.2, 0) is 15.7 Å². The first kappa shape index (κ1) is 25.6. The van der Waals surface area contributed by atoms with Gasteiger partial charge in [0.05, 0.1) is 24.5 Å². The topological polar surface area (TPSA) is 112 Å². The van der Waals surface area contributed by atoms with Gasteiger partial charge in [-0.1, -0.05) is 0 Å². The molecule has 0 bridgehead atoms. The molecule has 0 unspecified atom stereocenters. The van der Waals surface area contributed by atoms with Crippen LogP contribution < -0.4 is 5.32 Å². The molecular formula is C23H23F3N4O5S. The van der Waals surface area contributed by atoms with Crippen LogP contribution in [0, 0.1) is 6.92 Å². The van der Waals surface area contributed by atoms with Gasteiger partial charge in [-0.15, -0.1) is 11.3 Å². The van der Waals surface area contributed by atoms with Gasteiger partial charge >= 0.3 is 18.1 Å². The summed E-state index contributed by atoms with van der Waals surface area (Å²) in [4.78, 5) is 42.8. The van der Waals surface area contributed by atoms with E-state index in [0.717, 1.165) is 23.6 Å². The van der Waals surface area contributed by atoms with Crippen molar-refractivity contribution in [1.82, 2.24) is 14.6 Å². The summed E-state index contributed by atoms with van der Waals surface area (Å²) in [5, 5.41) is 6.29. The third kappa shape index (κ3) is 4.92. The van der Waals surface area contributed by atoms with Crippen molar-refractivity contribution in [2.45, 2.75) is 58.7 Å². The van der Waals surface area contributed by atoms with Gasteiger partial charge in [0, 0.05) is 11.6 Å². The Balaban J connectivity index is 1.76. The number of fused-ring (bicyclic) bond motifs is 1. The summed E-state index contributed by atoms with van der Waals surface area (Å²) in [6.07, 6.45) is -2.78. The predicted octanol–water partition coefficient (Wildman–Crippen LogP) is 4.99. The Morgan fingerprint density at radius 3 is 2.53 bits per heavy atom. The Morgan fingerprint density at radius 2 is 1.94 bits per heavy atom. The second-order valence-corrected chi connectivity index (χ2v) is 9.54. The minimum Gasteiger partial charge on any atom is -0.462 e. The first-order valence-electron chi connectivity index (χ1n) is 11.2. The van der Waals surface area contributed by atoms with E-state index in [9.17, 15) is 27.6 Å². The molecular weight excluding hydrogens is 501 g/mol. The standard InChI is InChI=1S/C23H23F3N4O5S/c1-5-34-22(33)17-11(4)16(21(32)35-10(2)3)20(36-17)29-19(31)13-9-27-30-15(23(24,25)26)8-14(12-6-7-12)28-18(13)30/h8-10,12H,5-7H2,1-4H3,(H,29,31). The number of carbonyl (C=O) groups excluding carboxylic acids is 3. The van der Waals surface area contributed by atoms with Gasteiger partial charge < -0.3 is 14.8 Å². The van der Waals surface area contributed by atoms with E-state index in [4.69, 9.17) is 9.47 Å². The fourth-order valence-corrected chi connectivity index (χ4v) is 4.70. The summed E-state index contributed by atoms with van der Waals surface area (Å²) in [7, 11) is 0. The lowest BCUT2D eigenvalue weighted by molar-refractivity contribution is -0.142. The van der Waals surface area contributed by atoms with Crippen molar-refractivity contribution in [3.8, 4) is 0 Å². The first-order chi connectivity index (χ1) is 16.9. The molecule has 0 atom stereocenters. The van der Waals surface area contributed by atoms with Crippen LogP contribution in [0.2, 0.25) is 0 Å². The molecule has 0 spiro atoms. The zero-order chi connectivity index (χ0) is 26.4. The molecule has 1 fully saturated rings. The number of rotatable bonds is 7. The molecule has 0 saturated heterocycles. The minimum atomic E-state index is -4.71. The van der Waals surface area contributed by atoms with Gasteiger partial charge in [0.1, 0.15) is 21.1 Å². The van der Waals surface area contributed by atoms with E-state index in [0.29, 0.717) is 17.4 Å². The van der Waals surface area contributed by atoms with Gasteiger partial charge in [0.15, 0.2) is 5.65 Å². The second kappa shape index (κ2) is 9.52. The molecule has 192 valence electrons. The minimum absolute atomic E-state index is 0.0000505. The van der Waals surface area contributed by atoms with E-state index in [1.54, 1.807) is 20.8 Å². The molecule has 0 aromatic carbocycles. The van der Waals surface area contributed by atoms with Crippen LogP contribution in [0.3, 0.4) is 0 Å². The normalized spacial score (nSPS) is 13.8. The molecule has 0 aliphatic heterocycles. The largest absolute Gasteiger partial charge is 0.462 e. The zero-order valence-corrected chi connectivity index (χ0v) is 20.7. The number of ether oxygens (including phenoxy) is 2. The molecule has 3 aromatic heterocycles. The number of anilines is 1. The number of amides is 1. The van der Waals surface area contributed by atoms with Crippen LogP contribution in [0.5, 0.6) is 0 Å². The number of thiophene rings is 1. The van der Waals surface area contributed by atoms with Crippen LogP contribution in [-0.4, -0.2) is 45.2 Å². The fraction of sp³-hybridized carbons (Fsp3) is 0.435. The maximum Gasteiger partial charge on any atom is 0.433 e. The number of halogens is 3. The summed E-state index contributed by atoms with van der Waals surface area (Å²) in [6, 6.07) is 0.952. The molecule has 0 radical (unpaired) electrons. The molecule has 36 heavy (non-hydrogen) atoms. The van der Waals surface area contributed by atoms with Crippen LogP contribution in [0.1, 0.15) is 86.9 Å². The van der Waals surface area contributed by atoms with Crippen LogP contribution in [0.4, 0.5) is 18.2 Å². The molecule has 1 aliphatic rings. The highest BCUT2D eigenvalue weighted by Crippen LogP contribution is 2.41. The second-order valence-electron chi connectivity index (χ2n) is 8.52.